The van der Waals surface area contributed by atoms with Crippen LogP contribution in [0.5, 0.6) is 5.75 Å². The van der Waals surface area contributed by atoms with Crippen molar-refractivity contribution in [3.63, 3.8) is 0 Å². The zero-order valence-corrected chi connectivity index (χ0v) is 12.4. The van der Waals surface area contributed by atoms with Crippen LogP contribution in [0.4, 0.5) is 4.39 Å². The number of benzene rings is 2. The Balaban J connectivity index is 2.51. The van der Waals surface area contributed by atoms with Crippen molar-refractivity contribution in [2.45, 2.75) is 13.0 Å². The number of hydrogen-bond donors (Lipinski definition) is 1. The van der Waals surface area contributed by atoms with Gasteiger partial charge in [0.05, 0.1) is 13.2 Å². The van der Waals surface area contributed by atoms with Crippen molar-refractivity contribution in [1.82, 2.24) is 0 Å². The Kier molecular flexibility index (Phi) is 4.22. The standard InChI is InChI=1S/C15H15BrFNO/c1-9-3-5-11(17)8-12(9)15(18)13-7-10(16)4-6-14(13)19-2/h3-8,15H,18H2,1-2H3. The van der Waals surface area contributed by atoms with Crippen LogP contribution in [0.3, 0.4) is 0 Å². The third-order valence-electron chi connectivity index (χ3n) is 3.10. The van der Waals surface area contributed by atoms with E-state index in [2.05, 4.69) is 15.9 Å². The first-order valence-electron chi connectivity index (χ1n) is 5.88. The SMILES string of the molecule is COc1ccc(Br)cc1C(N)c1cc(F)ccc1C. The fraction of sp³-hybridized carbons (Fsp3) is 0.200. The van der Waals surface area contributed by atoms with Crippen LogP contribution in [0.2, 0.25) is 0 Å². The number of halogens is 2. The van der Waals surface area contributed by atoms with E-state index in [-0.39, 0.29) is 5.82 Å². The molecule has 0 radical (unpaired) electrons. The molecule has 0 amide bonds. The summed E-state index contributed by atoms with van der Waals surface area (Å²) in [5, 5.41) is 0. The summed E-state index contributed by atoms with van der Waals surface area (Å²) < 4.78 is 19.6. The number of ether oxygens (including phenoxy) is 1. The normalized spacial score (nSPS) is 12.3. The lowest BCUT2D eigenvalue weighted by atomic mass is 9.95. The third kappa shape index (κ3) is 2.96. The van der Waals surface area contributed by atoms with Crippen molar-refractivity contribution in [3.05, 3.63) is 63.4 Å². The summed E-state index contributed by atoms with van der Waals surface area (Å²) in [7, 11) is 1.60. The predicted molar refractivity (Wildman–Crippen MR) is 77.9 cm³/mol. The summed E-state index contributed by atoms with van der Waals surface area (Å²) in [4.78, 5) is 0. The third-order valence-corrected chi connectivity index (χ3v) is 3.60. The predicted octanol–water partition coefficient (Wildman–Crippen LogP) is 3.95. The average Bonchev–Trinajstić information content (AvgIpc) is 2.40. The van der Waals surface area contributed by atoms with E-state index in [0.717, 1.165) is 21.2 Å². The molecule has 2 N–H and O–H groups in total. The maximum absolute atomic E-state index is 13.4. The van der Waals surface area contributed by atoms with Crippen LogP contribution >= 0.6 is 15.9 Å². The molecule has 0 aliphatic rings. The Labute approximate surface area is 120 Å². The highest BCUT2D eigenvalue weighted by Crippen LogP contribution is 2.32. The van der Waals surface area contributed by atoms with Gasteiger partial charge in [0.15, 0.2) is 0 Å². The van der Waals surface area contributed by atoms with Crippen molar-refractivity contribution >= 4 is 15.9 Å². The zero-order valence-electron chi connectivity index (χ0n) is 10.8. The summed E-state index contributed by atoms with van der Waals surface area (Å²) in [6, 6.07) is 9.83. The Morgan fingerprint density at radius 2 is 1.89 bits per heavy atom. The maximum atomic E-state index is 13.4. The van der Waals surface area contributed by atoms with E-state index < -0.39 is 6.04 Å². The lowest BCUT2D eigenvalue weighted by molar-refractivity contribution is 0.407. The van der Waals surface area contributed by atoms with Gasteiger partial charge in [0.25, 0.3) is 0 Å². The first kappa shape index (κ1) is 14.0. The van der Waals surface area contributed by atoms with Crippen LogP contribution in [0, 0.1) is 12.7 Å². The lowest BCUT2D eigenvalue weighted by Gasteiger charge is -2.18. The maximum Gasteiger partial charge on any atom is 0.124 e. The molecule has 1 atom stereocenters. The molecule has 0 saturated carbocycles. The summed E-state index contributed by atoms with van der Waals surface area (Å²) in [5.74, 6) is 0.407. The van der Waals surface area contributed by atoms with Gasteiger partial charge in [0.1, 0.15) is 11.6 Å². The van der Waals surface area contributed by atoms with Gasteiger partial charge in [-0.15, -0.1) is 0 Å². The molecular formula is C15H15BrFNO. The largest absolute Gasteiger partial charge is 0.496 e. The van der Waals surface area contributed by atoms with Crippen LogP contribution in [0.1, 0.15) is 22.7 Å². The number of nitrogens with two attached hydrogens (primary N) is 1. The molecule has 0 saturated heterocycles. The fourth-order valence-corrected chi connectivity index (χ4v) is 2.44. The van der Waals surface area contributed by atoms with E-state index in [4.69, 9.17) is 10.5 Å². The van der Waals surface area contributed by atoms with E-state index in [1.165, 1.54) is 12.1 Å². The van der Waals surface area contributed by atoms with Gasteiger partial charge in [-0.05, 0) is 48.4 Å². The smallest absolute Gasteiger partial charge is 0.124 e. The van der Waals surface area contributed by atoms with Crippen LogP contribution in [0.15, 0.2) is 40.9 Å². The first-order chi connectivity index (χ1) is 9.02. The first-order valence-corrected chi connectivity index (χ1v) is 6.67. The zero-order chi connectivity index (χ0) is 14.0. The van der Waals surface area contributed by atoms with E-state index in [1.807, 2.05) is 25.1 Å². The average molecular weight is 324 g/mol. The van der Waals surface area contributed by atoms with E-state index in [1.54, 1.807) is 13.2 Å². The molecule has 2 rings (SSSR count). The molecule has 2 aromatic rings. The Hall–Kier alpha value is -1.39. The van der Waals surface area contributed by atoms with Crippen LogP contribution in [0.25, 0.3) is 0 Å². The second-order valence-electron chi connectivity index (χ2n) is 4.36. The van der Waals surface area contributed by atoms with Crippen LogP contribution in [-0.2, 0) is 0 Å². The van der Waals surface area contributed by atoms with Gasteiger partial charge in [-0.25, -0.2) is 4.39 Å². The van der Waals surface area contributed by atoms with Gasteiger partial charge < -0.3 is 10.5 Å². The molecule has 0 aliphatic heterocycles. The van der Waals surface area contributed by atoms with Crippen molar-refractivity contribution in [2.75, 3.05) is 7.11 Å². The van der Waals surface area contributed by atoms with E-state index in [9.17, 15) is 4.39 Å². The van der Waals surface area contributed by atoms with Gasteiger partial charge in [-0.3, -0.25) is 0 Å². The molecule has 2 aromatic carbocycles. The molecule has 0 aliphatic carbocycles. The lowest BCUT2D eigenvalue weighted by Crippen LogP contribution is -2.14. The van der Waals surface area contributed by atoms with Gasteiger partial charge in [-0.1, -0.05) is 22.0 Å². The summed E-state index contributed by atoms with van der Waals surface area (Å²) in [5.41, 5.74) is 8.80. The van der Waals surface area contributed by atoms with Gasteiger partial charge >= 0.3 is 0 Å². The van der Waals surface area contributed by atoms with Crippen molar-refractivity contribution in [3.8, 4) is 5.75 Å². The summed E-state index contributed by atoms with van der Waals surface area (Å²) >= 11 is 3.41. The molecule has 19 heavy (non-hydrogen) atoms. The molecule has 2 nitrogen and oxygen atoms in total. The molecular weight excluding hydrogens is 309 g/mol. The minimum Gasteiger partial charge on any atom is -0.496 e. The number of hydrogen-bond acceptors (Lipinski definition) is 2. The van der Waals surface area contributed by atoms with E-state index >= 15 is 0 Å². The summed E-state index contributed by atoms with van der Waals surface area (Å²) in [6.07, 6.45) is 0. The number of rotatable bonds is 3. The molecule has 100 valence electrons. The van der Waals surface area contributed by atoms with Crippen LogP contribution < -0.4 is 10.5 Å². The van der Waals surface area contributed by atoms with Crippen molar-refractivity contribution in [1.29, 1.82) is 0 Å². The minimum absolute atomic E-state index is 0.287. The van der Waals surface area contributed by atoms with Crippen molar-refractivity contribution < 1.29 is 9.13 Å². The van der Waals surface area contributed by atoms with Gasteiger partial charge in [-0.2, -0.15) is 0 Å². The number of aryl methyl sites for hydroxylation is 1. The Morgan fingerprint density at radius 1 is 1.16 bits per heavy atom. The van der Waals surface area contributed by atoms with E-state index in [0.29, 0.717) is 5.75 Å². The molecule has 0 fully saturated rings. The monoisotopic (exact) mass is 323 g/mol. The van der Waals surface area contributed by atoms with Crippen LogP contribution in [-0.4, -0.2) is 7.11 Å². The van der Waals surface area contributed by atoms with Gasteiger partial charge in [0, 0.05) is 10.0 Å². The molecule has 4 heteroatoms. The molecule has 1 unspecified atom stereocenters. The van der Waals surface area contributed by atoms with Crippen molar-refractivity contribution in [2.24, 2.45) is 5.73 Å². The molecule has 0 spiro atoms. The molecule has 0 bridgehead atoms. The highest BCUT2D eigenvalue weighted by Gasteiger charge is 2.17. The quantitative estimate of drug-likeness (QED) is 0.928. The highest BCUT2D eigenvalue weighted by molar-refractivity contribution is 9.10. The topological polar surface area (TPSA) is 35.2 Å². The summed E-state index contributed by atoms with van der Waals surface area (Å²) in [6.45, 7) is 1.92. The molecule has 0 aromatic heterocycles. The Bertz CT molecular complexity index is 601. The molecule has 0 heterocycles. The minimum atomic E-state index is -0.428. The number of methoxy groups -OCH3 is 1. The fourth-order valence-electron chi connectivity index (χ4n) is 2.06. The highest BCUT2D eigenvalue weighted by atomic mass is 79.9. The second-order valence-corrected chi connectivity index (χ2v) is 5.28. The second kappa shape index (κ2) is 5.72. The Morgan fingerprint density at radius 3 is 2.58 bits per heavy atom. The van der Waals surface area contributed by atoms with Gasteiger partial charge in [0.2, 0.25) is 0 Å².